The molecule has 0 aliphatic carbocycles. The number of aryl methyl sites for hydroxylation is 3. The minimum absolute atomic E-state index is 0.0240. The second-order valence-corrected chi connectivity index (χ2v) is 10.8. The molecule has 30 heavy (non-hydrogen) atoms. The number of sulfone groups is 1. The van der Waals surface area contributed by atoms with Crippen molar-refractivity contribution in [2.45, 2.75) is 39.8 Å². The fraction of sp³-hybridized carbons (Fsp3) is 0.348. The molecule has 0 unspecified atom stereocenters. The molecule has 0 N–H and O–H groups in total. The zero-order valence-corrected chi connectivity index (χ0v) is 18.8. The van der Waals surface area contributed by atoms with Crippen LogP contribution in [0, 0.1) is 20.8 Å². The third-order valence-corrected chi connectivity index (χ3v) is 7.93. The quantitative estimate of drug-likeness (QED) is 0.576. The number of hydrogen-bond acceptors (Lipinski definition) is 4. The van der Waals surface area contributed by atoms with E-state index in [1.165, 1.54) is 0 Å². The number of fused-ring (bicyclic) bond motifs is 1. The first-order chi connectivity index (χ1) is 14.1. The molecule has 0 bridgehead atoms. The summed E-state index contributed by atoms with van der Waals surface area (Å²) >= 11 is 5.99. The van der Waals surface area contributed by atoms with Gasteiger partial charge in [0.1, 0.15) is 5.58 Å². The number of carbonyl (C=O) groups excluding carboxylic acids is 1. The van der Waals surface area contributed by atoms with Gasteiger partial charge in [-0.05, 0) is 68.1 Å². The average molecular weight is 446 g/mol. The first kappa shape index (κ1) is 20.9. The van der Waals surface area contributed by atoms with Gasteiger partial charge in [0.15, 0.2) is 15.6 Å². The van der Waals surface area contributed by atoms with Crippen molar-refractivity contribution in [3.63, 3.8) is 0 Å². The minimum atomic E-state index is -3.15. The molecule has 0 radical (unpaired) electrons. The maximum absolute atomic E-state index is 13.6. The standard InChI is InChI=1S/C23H24ClNO4S/c1-14-10-20-16(3)22(29-21(20)11-15(14)2)23(26)25(19-8-9-30(27,28)13-19)12-17-4-6-18(24)7-5-17/h4-7,10-11,19H,8-9,12-13H2,1-3H3/t19-/m1/s1. The summed E-state index contributed by atoms with van der Waals surface area (Å²) in [5, 5.41) is 1.52. The van der Waals surface area contributed by atoms with Crippen molar-refractivity contribution >= 4 is 38.3 Å². The first-order valence-corrected chi connectivity index (χ1v) is 12.1. The second-order valence-electron chi connectivity index (χ2n) is 8.11. The zero-order chi connectivity index (χ0) is 21.6. The Bertz CT molecular complexity index is 1230. The Morgan fingerprint density at radius 2 is 1.80 bits per heavy atom. The van der Waals surface area contributed by atoms with Crippen LogP contribution in [-0.4, -0.2) is 36.8 Å². The summed E-state index contributed by atoms with van der Waals surface area (Å²) in [7, 11) is -3.15. The fourth-order valence-corrected chi connectivity index (χ4v) is 5.84. The third kappa shape index (κ3) is 3.98. The van der Waals surface area contributed by atoms with Gasteiger partial charge in [0.25, 0.3) is 5.91 Å². The molecule has 0 spiro atoms. The fourth-order valence-electron chi connectivity index (χ4n) is 3.98. The summed E-state index contributed by atoms with van der Waals surface area (Å²) in [6.45, 7) is 6.20. The van der Waals surface area contributed by atoms with E-state index in [0.29, 0.717) is 23.6 Å². The summed E-state index contributed by atoms with van der Waals surface area (Å²) in [4.78, 5) is 15.2. The van der Waals surface area contributed by atoms with E-state index >= 15 is 0 Å². The Morgan fingerprint density at radius 3 is 2.43 bits per heavy atom. The summed E-state index contributed by atoms with van der Waals surface area (Å²) in [6.07, 6.45) is 0.430. The number of amides is 1. The van der Waals surface area contributed by atoms with Crippen LogP contribution in [0.3, 0.4) is 0 Å². The van der Waals surface area contributed by atoms with E-state index in [1.807, 2.05) is 45.0 Å². The predicted octanol–water partition coefficient (Wildman–Crippen LogP) is 4.84. The highest BCUT2D eigenvalue weighted by molar-refractivity contribution is 7.91. The van der Waals surface area contributed by atoms with Gasteiger partial charge < -0.3 is 9.32 Å². The largest absolute Gasteiger partial charge is 0.451 e. The molecule has 1 aliphatic heterocycles. The highest BCUT2D eigenvalue weighted by atomic mass is 35.5. The van der Waals surface area contributed by atoms with Gasteiger partial charge in [-0.1, -0.05) is 23.7 Å². The number of carbonyl (C=O) groups is 1. The average Bonchev–Trinajstić information content (AvgIpc) is 3.21. The van der Waals surface area contributed by atoms with Crippen LogP contribution in [-0.2, 0) is 16.4 Å². The molecule has 3 aromatic rings. The topological polar surface area (TPSA) is 67.6 Å². The van der Waals surface area contributed by atoms with Crippen LogP contribution < -0.4 is 0 Å². The highest BCUT2D eigenvalue weighted by Gasteiger charge is 2.36. The van der Waals surface area contributed by atoms with Crippen molar-refractivity contribution in [1.29, 1.82) is 0 Å². The smallest absolute Gasteiger partial charge is 0.290 e. The van der Waals surface area contributed by atoms with Crippen LogP contribution in [0.4, 0.5) is 0 Å². The summed E-state index contributed by atoms with van der Waals surface area (Å²) in [6, 6.07) is 10.8. The van der Waals surface area contributed by atoms with Crippen LogP contribution in [0.1, 0.15) is 39.2 Å². The minimum Gasteiger partial charge on any atom is -0.451 e. The van der Waals surface area contributed by atoms with Crippen LogP contribution in [0.15, 0.2) is 40.8 Å². The summed E-state index contributed by atoms with van der Waals surface area (Å²) in [5.74, 6) is 0.0629. The van der Waals surface area contributed by atoms with E-state index < -0.39 is 9.84 Å². The lowest BCUT2D eigenvalue weighted by Gasteiger charge is -2.28. The molecule has 1 fully saturated rings. The van der Waals surface area contributed by atoms with Gasteiger partial charge >= 0.3 is 0 Å². The molecule has 7 heteroatoms. The second kappa shape index (κ2) is 7.75. The molecule has 1 atom stereocenters. The molecular weight excluding hydrogens is 422 g/mol. The van der Waals surface area contributed by atoms with E-state index in [2.05, 4.69) is 0 Å². The number of furan rings is 1. The van der Waals surface area contributed by atoms with Gasteiger partial charge in [0, 0.05) is 28.6 Å². The van der Waals surface area contributed by atoms with Crippen molar-refractivity contribution in [3.05, 3.63) is 69.4 Å². The van der Waals surface area contributed by atoms with Gasteiger partial charge in [-0.3, -0.25) is 4.79 Å². The number of halogens is 1. The number of nitrogens with zero attached hydrogens (tertiary/aromatic N) is 1. The Morgan fingerprint density at radius 1 is 1.13 bits per heavy atom. The van der Waals surface area contributed by atoms with Gasteiger partial charge in [-0.25, -0.2) is 8.42 Å². The zero-order valence-electron chi connectivity index (χ0n) is 17.2. The maximum Gasteiger partial charge on any atom is 0.290 e. The first-order valence-electron chi connectivity index (χ1n) is 9.91. The molecule has 5 nitrogen and oxygen atoms in total. The number of benzene rings is 2. The van der Waals surface area contributed by atoms with Gasteiger partial charge in [0.05, 0.1) is 11.5 Å². The van der Waals surface area contributed by atoms with E-state index in [1.54, 1.807) is 17.0 Å². The van der Waals surface area contributed by atoms with Gasteiger partial charge in [-0.2, -0.15) is 0 Å². The van der Waals surface area contributed by atoms with Crippen LogP contribution in [0.5, 0.6) is 0 Å². The Labute approximate surface area is 181 Å². The summed E-state index contributed by atoms with van der Waals surface area (Å²) < 4.78 is 30.2. The lowest BCUT2D eigenvalue weighted by molar-refractivity contribution is 0.0649. The highest BCUT2D eigenvalue weighted by Crippen LogP contribution is 2.31. The van der Waals surface area contributed by atoms with Crippen molar-refractivity contribution in [2.24, 2.45) is 0 Å². The molecule has 1 amide bonds. The van der Waals surface area contributed by atoms with Gasteiger partial charge in [-0.15, -0.1) is 0 Å². The lowest BCUT2D eigenvalue weighted by Crippen LogP contribution is -2.40. The van der Waals surface area contributed by atoms with Crippen LogP contribution in [0.25, 0.3) is 11.0 Å². The van der Waals surface area contributed by atoms with E-state index in [-0.39, 0.29) is 29.2 Å². The Hall–Kier alpha value is -2.31. The van der Waals surface area contributed by atoms with E-state index in [4.69, 9.17) is 16.0 Å². The van der Waals surface area contributed by atoms with Crippen molar-refractivity contribution in [2.75, 3.05) is 11.5 Å². The van der Waals surface area contributed by atoms with Gasteiger partial charge in [0.2, 0.25) is 0 Å². The number of rotatable bonds is 4. The lowest BCUT2D eigenvalue weighted by atomic mass is 10.0. The molecule has 1 aliphatic rings. The number of hydrogen-bond donors (Lipinski definition) is 0. The van der Waals surface area contributed by atoms with Crippen LogP contribution >= 0.6 is 11.6 Å². The van der Waals surface area contributed by atoms with Crippen LogP contribution in [0.2, 0.25) is 5.02 Å². The monoisotopic (exact) mass is 445 g/mol. The molecule has 4 rings (SSSR count). The molecule has 2 aromatic carbocycles. The van der Waals surface area contributed by atoms with Crippen molar-refractivity contribution in [3.8, 4) is 0 Å². The molecular formula is C23H24ClNO4S. The molecule has 0 saturated carbocycles. The molecule has 158 valence electrons. The van der Waals surface area contributed by atoms with Crippen molar-refractivity contribution < 1.29 is 17.6 Å². The third-order valence-electron chi connectivity index (χ3n) is 5.92. The summed E-state index contributed by atoms with van der Waals surface area (Å²) in [5.41, 5.74) is 4.56. The van der Waals surface area contributed by atoms with E-state index in [0.717, 1.165) is 27.6 Å². The van der Waals surface area contributed by atoms with Crippen molar-refractivity contribution in [1.82, 2.24) is 4.90 Å². The Balaban J connectivity index is 1.74. The Kier molecular flexibility index (Phi) is 5.41. The maximum atomic E-state index is 13.6. The molecule has 1 saturated heterocycles. The molecule has 1 aromatic heterocycles. The molecule has 2 heterocycles. The normalized spacial score (nSPS) is 18.1. The predicted molar refractivity (Wildman–Crippen MR) is 119 cm³/mol. The SMILES string of the molecule is Cc1cc2oc(C(=O)N(Cc3ccc(Cl)cc3)[C@@H]3CCS(=O)(=O)C3)c(C)c2cc1C. The van der Waals surface area contributed by atoms with E-state index in [9.17, 15) is 13.2 Å².